The van der Waals surface area contributed by atoms with Gasteiger partial charge in [-0.05, 0) is 19.4 Å². The Morgan fingerprint density at radius 2 is 1.96 bits per heavy atom. The first-order valence-electron chi connectivity index (χ1n) is 9.23. The van der Waals surface area contributed by atoms with Crippen LogP contribution in [0.25, 0.3) is 0 Å². The fraction of sp³-hybridized carbons (Fsp3) is 0.632. The summed E-state index contributed by atoms with van der Waals surface area (Å²) in [4.78, 5) is 7.09. The number of nitrogens with one attached hydrogen (secondary N) is 2. The van der Waals surface area contributed by atoms with Crippen LogP contribution in [-0.4, -0.2) is 69.1 Å². The number of rotatable bonds is 9. The topological polar surface area (TPSA) is 48.9 Å². The lowest BCUT2D eigenvalue weighted by Gasteiger charge is -2.25. The molecule has 2 N–H and O–H groups in total. The minimum atomic E-state index is 0.825. The number of ether oxygens (including phenoxy) is 1. The van der Waals surface area contributed by atoms with Crippen molar-refractivity contribution >= 4 is 17.7 Å². The molecule has 0 bridgehead atoms. The Morgan fingerprint density at radius 3 is 2.68 bits per heavy atom. The van der Waals surface area contributed by atoms with Crippen LogP contribution < -0.4 is 10.6 Å². The minimum Gasteiger partial charge on any atom is -0.379 e. The zero-order chi connectivity index (χ0) is 17.7. The molecule has 1 saturated heterocycles. The fourth-order valence-electron chi connectivity index (χ4n) is 2.59. The van der Waals surface area contributed by atoms with Gasteiger partial charge in [0.2, 0.25) is 0 Å². The van der Waals surface area contributed by atoms with Gasteiger partial charge in [-0.2, -0.15) is 11.8 Å². The number of hydrogen-bond donors (Lipinski definition) is 2. The Balaban J connectivity index is 1.60. The summed E-state index contributed by atoms with van der Waals surface area (Å²) in [6.07, 6.45) is 0. The van der Waals surface area contributed by atoms with Crippen LogP contribution in [0.3, 0.4) is 0 Å². The number of morpholine rings is 1. The molecule has 2 rings (SSSR count). The van der Waals surface area contributed by atoms with Gasteiger partial charge in [0, 0.05) is 44.2 Å². The molecule has 0 radical (unpaired) electrons. The van der Waals surface area contributed by atoms with E-state index in [1.165, 1.54) is 11.1 Å². The molecule has 1 aliphatic heterocycles. The molecule has 1 aromatic carbocycles. The van der Waals surface area contributed by atoms with Gasteiger partial charge in [-0.1, -0.05) is 29.8 Å². The highest BCUT2D eigenvalue weighted by atomic mass is 32.2. The van der Waals surface area contributed by atoms with E-state index in [9.17, 15) is 0 Å². The maximum absolute atomic E-state index is 5.38. The molecule has 0 atom stereocenters. The van der Waals surface area contributed by atoms with Crippen LogP contribution in [0.15, 0.2) is 29.3 Å². The lowest BCUT2D eigenvalue weighted by Crippen LogP contribution is -2.40. The zero-order valence-corrected chi connectivity index (χ0v) is 16.4. The molecule has 1 aromatic rings. The van der Waals surface area contributed by atoms with Crippen LogP contribution in [0.5, 0.6) is 0 Å². The van der Waals surface area contributed by atoms with Gasteiger partial charge in [-0.15, -0.1) is 0 Å². The summed E-state index contributed by atoms with van der Waals surface area (Å²) in [5.41, 5.74) is 2.71. The minimum absolute atomic E-state index is 0.825. The van der Waals surface area contributed by atoms with Gasteiger partial charge >= 0.3 is 0 Å². The molecule has 0 saturated carbocycles. The van der Waals surface area contributed by atoms with Gasteiger partial charge in [-0.3, -0.25) is 9.89 Å². The largest absolute Gasteiger partial charge is 0.379 e. The molecule has 140 valence electrons. The fourth-order valence-corrected chi connectivity index (χ4v) is 3.40. The smallest absolute Gasteiger partial charge is 0.191 e. The van der Waals surface area contributed by atoms with Crippen LogP contribution in [0, 0.1) is 6.92 Å². The van der Waals surface area contributed by atoms with Gasteiger partial charge < -0.3 is 15.4 Å². The lowest BCUT2D eigenvalue weighted by atomic mass is 10.2. The average Bonchev–Trinajstić information content (AvgIpc) is 2.64. The zero-order valence-electron chi connectivity index (χ0n) is 15.6. The van der Waals surface area contributed by atoms with Crippen molar-refractivity contribution in [3.8, 4) is 0 Å². The number of guanidine groups is 1. The highest BCUT2D eigenvalue weighted by Gasteiger charge is 2.09. The van der Waals surface area contributed by atoms with Crippen molar-refractivity contribution in [2.24, 2.45) is 4.99 Å². The maximum Gasteiger partial charge on any atom is 0.191 e. The van der Waals surface area contributed by atoms with Crippen LogP contribution in [0.2, 0.25) is 0 Å². The molecule has 0 aromatic heterocycles. The van der Waals surface area contributed by atoms with Gasteiger partial charge in [0.05, 0.1) is 19.8 Å². The van der Waals surface area contributed by atoms with E-state index in [1.54, 1.807) is 0 Å². The summed E-state index contributed by atoms with van der Waals surface area (Å²) in [5.74, 6) is 3.06. The Hall–Kier alpha value is -1.24. The molecule has 1 heterocycles. The molecule has 0 unspecified atom stereocenters. The molecule has 25 heavy (non-hydrogen) atoms. The summed E-state index contributed by atoms with van der Waals surface area (Å²) >= 11 is 1.95. The first kappa shape index (κ1) is 20.1. The van der Waals surface area contributed by atoms with E-state index in [-0.39, 0.29) is 0 Å². The molecule has 6 heteroatoms. The highest BCUT2D eigenvalue weighted by molar-refractivity contribution is 7.98. The third kappa shape index (κ3) is 8.61. The first-order valence-corrected chi connectivity index (χ1v) is 10.4. The van der Waals surface area contributed by atoms with Crippen molar-refractivity contribution in [2.45, 2.75) is 19.6 Å². The third-order valence-corrected chi connectivity index (χ3v) is 5.09. The molecule has 5 nitrogen and oxygen atoms in total. The highest BCUT2D eigenvalue weighted by Crippen LogP contribution is 2.12. The van der Waals surface area contributed by atoms with E-state index in [1.807, 2.05) is 11.8 Å². The Morgan fingerprint density at radius 1 is 1.20 bits per heavy atom. The van der Waals surface area contributed by atoms with Gasteiger partial charge in [0.15, 0.2) is 5.96 Å². The van der Waals surface area contributed by atoms with Gasteiger partial charge in [-0.25, -0.2) is 0 Å². The maximum atomic E-state index is 5.38. The molecule has 0 spiro atoms. The van der Waals surface area contributed by atoms with E-state index in [0.717, 1.165) is 69.9 Å². The van der Waals surface area contributed by atoms with Crippen molar-refractivity contribution in [2.75, 3.05) is 58.2 Å². The number of thioether (sulfide) groups is 1. The molecule has 1 fully saturated rings. The number of benzene rings is 1. The standard InChI is InChI=1S/C19H32N4OS/c1-3-20-19(21-8-10-23-11-13-24-14-12-23)22-9-15-25-16-18-6-4-17(2)5-7-18/h4-7H,3,8-16H2,1-2H3,(H2,20,21,22). The summed E-state index contributed by atoms with van der Waals surface area (Å²) in [5, 5.41) is 6.75. The normalized spacial score (nSPS) is 16.0. The Kier molecular flexibility index (Phi) is 9.77. The molecule has 0 amide bonds. The number of hydrogen-bond acceptors (Lipinski definition) is 4. The van der Waals surface area contributed by atoms with Gasteiger partial charge in [0.25, 0.3) is 0 Å². The second-order valence-corrected chi connectivity index (χ2v) is 7.28. The van der Waals surface area contributed by atoms with Crippen LogP contribution in [0.4, 0.5) is 0 Å². The SMILES string of the molecule is CCNC(=NCCN1CCOCC1)NCCSCc1ccc(C)cc1. The van der Waals surface area contributed by atoms with E-state index in [2.05, 4.69) is 58.6 Å². The number of aryl methyl sites for hydroxylation is 1. The monoisotopic (exact) mass is 364 g/mol. The van der Waals surface area contributed by atoms with E-state index < -0.39 is 0 Å². The lowest BCUT2D eigenvalue weighted by molar-refractivity contribution is 0.0394. The molecular weight excluding hydrogens is 332 g/mol. The van der Waals surface area contributed by atoms with Crippen molar-refractivity contribution < 1.29 is 4.74 Å². The van der Waals surface area contributed by atoms with Crippen LogP contribution in [0.1, 0.15) is 18.1 Å². The predicted octanol–water partition coefficient (Wildman–Crippen LogP) is 2.12. The van der Waals surface area contributed by atoms with Crippen LogP contribution in [-0.2, 0) is 10.5 Å². The number of aliphatic imine (C=N–C) groups is 1. The number of nitrogens with zero attached hydrogens (tertiary/aromatic N) is 2. The van der Waals surface area contributed by atoms with Gasteiger partial charge in [0.1, 0.15) is 0 Å². The third-order valence-electron chi connectivity index (χ3n) is 4.06. The quantitative estimate of drug-likeness (QED) is 0.399. The first-order chi connectivity index (χ1) is 12.3. The van der Waals surface area contributed by atoms with Crippen molar-refractivity contribution in [3.05, 3.63) is 35.4 Å². The molecular formula is C19H32N4OS. The summed E-state index contributed by atoms with van der Waals surface area (Å²) in [6, 6.07) is 8.79. The van der Waals surface area contributed by atoms with E-state index >= 15 is 0 Å². The van der Waals surface area contributed by atoms with Crippen LogP contribution >= 0.6 is 11.8 Å². The Labute approximate surface area is 156 Å². The summed E-state index contributed by atoms with van der Waals surface area (Å²) < 4.78 is 5.38. The Bertz CT molecular complexity index is 501. The van der Waals surface area contributed by atoms with Crippen molar-refractivity contribution in [3.63, 3.8) is 0 Å². The van der Waals surface area contributed by atoms with Crippen molar-refractivity contribution in [1.82, 2.24) is 15.5 Å². The summed E-state index contributed by atoms with van der Waals surface area (Å²) in [7, 11) is 0. The van der Waals surface area contributed by atoms with E-state index in [0.29, 0.717) is 0 Å². The average molecular weight is 365 g/mol. The predicted molar refractivity (Wildman–Crippen MR) is 109 cm³/mol. The molecule has 1 aliphatic rings. The van der Waals surface area contributed by atoms with Crippen molar-refractivity contribution in [1.29, 1.82) is 0 Å². The second-order valence-electron chi connectivity index (χ2n) is 6.18. The second kappa shape index (κ2) is 12.2. The van der Waals surface area contributed by atoms with E-state index in [4.69, 9.17) is 4.74 Å². The summed E-state index contributed by atoms with van der Waals surface area (Å²) in [6.45, 7) is 11.6. The molecule has 0 aliphatic carbocycles.